The molecule has 0 atom stereocenters. The third-order valence-corrected chi connectivity index (χ3v) is 6.81. The van der Waals surface area contributed by atoms with Gasteiger partial charge in [-0.2, -0.15) is 0 Å². The van der Waals surface area contributed by atoms with Crippen molar-refractivity contribution in [3.8, 4) is 5.69 Å². The van der Waals surface area contributed by atoms with Gasteiger partial charge in [0.15, 0.2) is 0 Å². The van der Waals surface area contributed by atoms with E-state index < -0.39 is 0 Å². The lowest BCUT2D eigenvalue weighted by Crippen LogP contribution is -1.92. The van der Waals surface area contributed by atoms with E-state index in [1.165, 1.54) is 54.6 Å². The first-order chi connectivity index (χ1) is 15.9. The van der Waals surface area contributed by atoms with Crippen molar-refractivity contribution in [2.75, 3.05) is 0 Å². The highest BCUT2D eigenvalue weighted by Gasteiger charge is 2.23. The Morgan fingerprint density at radius 3 is 2.06 bits per heavy atom. The van der Waals surface area contributed by atoms with Crippen LogP contribution in [0.25, 0.3) is 65.6 Å². The van der Waals surface area contributed by atoms with Gasteiger partial charge in [-0.05, 0) is 36.4 Å². The van der Waals surface area contributed by atoms with Crippen LogP contribution in [-0.2, 0) is 0 Å². The molecule has 148 valence electrons. The second-order valence-electron chi connectivity index (χ2n) is 8.35. The molecule has 4 nitrogen and oxygen atoms in total. The van der Waals surface area contributed by atoms with Crippen molar-refractivity contribution in [3.05, 3.63) is 97.6 Å². The highest BCUT2D eigenvalue weighted by molar-refractivity contribution is 6.35. The fourth-order valence-corrected chi connectivity index (χ4v) is 5.61. The molecule has 5 heterocycles. The number of pyridine rings is 2. The SMILES string of the molecule is c1ccc(-n2c3ccccc3c3c4c5ccncc5n5c6cnccc6c(cc32)c45)cc1. The number of nitrogens with zero attached hydrogens (tertiary/aromatic N) is 4. The molecule has 4 heteroatoms. The van der Waals surface area contributed by atoms with E-state index in [1.807, 2.05) is 24.8 Å². The van der Waals surface area contributed by atoms with Crippen molar-refractivity contribution >= 4 is 59.9 Å². The average Bonchev–Trinajstić information content (AvgIpc) is 3.48. The maximum absolute atomic E-state index is 4.46. The van der Waals surface area contributed by atoms with Gasteiger partial charge in [-0.15, -0.1) is 0 Å². The number of para-hydroxylation sites is 2. The van der Waals surface area contributed by atoms with Gasteiger partial charge in [0.05, 0.1) is 40.0 Å². The molecule has 0 saturated carbocycles. The van der Waals surface area contributed by atoms with Gasteiger partial charge in [0.25, 0.3) is 0 Å². The van der Waals surface area contributed by atoms with Gasteiger partial charge in [-0.1, -0.05) is 36.4 Å². The molecular formula is C28H16N4. The van der Waals surface area contributed by atoms with Gasteiger partial charge >= 0.3 is 0 Å². The quantitative estimate of drug-likeness (QED) is 0.302. The molecule has 0 spiro atoms. The molecule has 0 saturated heterocycles. The summed E-state index contributed by atoms with van der Waals surface area (Å²) in [5.74, 6) is 0. The van der Waals surface area contributed by atoms with Crippen LogP contribution in [0.5, 0.6) is 0 Å². The summed E-state index contributed by atoms with van der Waals surface area (Å²) in [6.45, 7) is 0. The molecule has 32 heavy (non-hydrogen) atoms. The van der Waals surface area contributed by atoms with Crippen molar-refractivity contribution in [2.45, 2.75) is 0 Å². The van der Waals surface area contributed by atoms with Crippen molar-refractivity contribution in [1.29, 1.82) is 0 Å². The lowest BCUT2D eigenvalue weighted by atomic mass is 10.0. The molecule has 0 amide bonds. The molecule has 0 fully saturated rings. The Hall–Kier alpha value is -4.44. The van der Waals surface area contributed by atoms with Crippen LogP contribution in [0.15, 0.2) is 97.6 Å². The summed E-state index contributed by atoms with van der Waals surface area (Å²) < 4.78 is 4.73. The molecule has 5 aromatic heterocycles. The maximum Gasteiger partial charge on any atom is 0.0725 e. The molecule has 0 N–H and O–H groups in total. The number of hydrogen-bond acceptors (Lipinski definition) is 2. The summed E-state index contributed by atoms with van der Waals surface area (Å²) in [4.78, 5) is 8.90. The largest absolute Gasteiger partial charge is 0.309 e. The van der Waals surface area contributed by atoms with E-state index in [2.05, 4.69) is 91.7 Å². The number of benzene rings is 3. The summed E-state index contributed by atoms with van der Waals surface area (Å²) in [5.41, 5.74) is 7.11. The Bertz CT molecular complexity index is 1980. The first kappa shape index (κ1) is 16.3. The van der Waals surface area contributed by atoms with Crippen LogP contribution in [-0.4, -0.2) is 18.9 Å². The molecule has 0 radical (unpaired) electrons. The highest BCUT2D eigenvalue weighted by Crippen LogP contribution is 2.46. The summed E-state index contributed by atoms with van der Waals surface area (Å²) in [5, 5.41) is 7.55. The van der Waals surface area contributed by atoms with Gasteiger partial charge in [0.2, 0.25) is 0 Å². The Labute approximate surface area is 182 Å². The van der Waals surface area contributed by atoms with E-state index in [4.69, 9.17) is 0 Å². The Kier molecular flexibility index (Phi) is 2.86. The van der Waals surface area contributed by atoms with Gasteiger partial charge in [-0.3, -0.25) is 9.97 Å². The number of hydrogen-bond donors (Lipinski definition) is 0. The summed E-state index contributed by atoms with van der Waals surface area (Å²) in [7, 11) is 0. The highest BCUT2D eigenvalue weighted by atomic mass is 15.0. The van der Waals surface area contributed by atoms with Crippen molar-refractivity contribution in [2.24, 2.45) is 0 Å². The molecule has 8 aromatic rings. The molecule has 0 unspecified atom stereocenters. The van der Waals surface area contributed by atoms with Crippen molar-refractivity contribution in [1.82, 2.24) is 18.9 Å². The molecule has 8 rings (SSSR count). The van der Waals surface area contributed by atoms with Gasteiger partial charge in [0, 0.05) is 50.4 Å². The average molecular weight is 408 g/mol. The van der Waals surface area contributed by atoms with E-state index in [9.17, 15) is 0 Å². The van der Waals surface area contributed by atoms with E-state index in [0.717, 1.165) is 11.0 Å². The molecule has 0 bridgehead atoms. The second kappa shape index (κ2) is 5.62. The topological polar surface area (TPSA) is 35.1 Å². The first-order valence-electron chi connectivity index (χ1n) is 10.8. The van der Waals surface area contributed by atoms with Crippen molar-refractivity contribution in [3.63, 3.8) is 0 Å². The Morgan fingerprint density at radius 1 is 0.531 bits per heavy atom. The summed E-state index contributed by atoms with van der Waals surface area (Å²) in [6, 6.07) is 26.0. The van der Waals surface area contributed by atoms with Crippen LogP contribution < -0.4 is 0 Å². The monoisotopic (exact) mass is 408 g/mol. The lowest BCUT2D eigenvalue weighted by Gasteiger charge is -2.08. The summed E-state index contributed by atoms with van der Waals surface area (Å²) >= 11 is 0. The number of aromatic nitrogens is 4. The van der Waals surface area contributed by atoms with E-state index in [0.29, 0.717) is 0 Å². The minimum Gasteiger partial charge on any atom is -0.309 e. The second-order valence-corrected chi connectivity index (χ2v) is 8.35. The third-order valence-electron chi connectivity index (χ3n) is 6.81. The minimum absolute atomic E-state index is 1.12. The Balaban J connectivity index is 1.78. The minimum atomic E-state index is 1.12. The molecular weight excluding hydrogens is 392 g/mol. The zero-order valence-electron chi connectivity index (χ0n) is 17.0. The molecule has 3 aromatic carbocycles. The summed E-state index contributed by atoms with van der Waals surface area (Å²) in [6.07, 6.45) is 7.72. The predicted octanol–water partition coefficient (Wildman–Crippen LogP) is 6.72. The lowest BCUT2D eigenvalue weighted by molar-refractivity contribution is 1.18. The predicted molar refractivity (Wildman–Crippen MR) is 131 cm³/mol. The Morgan fingerprint density at radius 2 is 1.22 bits per heavy atom. The molecule has 0 aliphatic carbocycles. The van der Waals surface area contributed by atoms with Gasteiger partial charge < -0.3 is 8.97 Å². The molecule has 0 aliphatic rings. The van der Waals surface area contributed by atoms with E-state index >= 15 is 0 Å². The maximum atomic E-state index is 4.46. The van der Waals surface area contributed by atoms with E-state index in [-0.39, 0.29) is 0 Å². The van der Waals surface area contributed by atoms with Crippen LogP contribution >= 0.6 is 0 Å². The van der Waals surface area contributed by atoms with Crippen molar-refractivity contribution < 1.29 is 0 Å². The van der Waals surface area contributed by atoms with Crippen LogP contribution in [0.4, 0.5) is 0 Å². The number of fused-ring (bicyclic) bond motifs is 10. The fourth-order valence-electron chi connectivity index (χ4n) is 5.61. The van der Waals surface area contributed by atoms with Crippen LogP contribution in [0, 0.1) is 0 Å². The van der Waals surface area contributed by atoms with Crippen LogP contribution in [0.1, 0.15) is 0 Å². The van der Waals surface area contributed by atoms with Crippen LogP contribution in [0.2, 0.25) is 0 Å². The van der Waals surface area contributed by atoms with E-state index in [1.54, 1.807) is 0 Å². The smallest absolute Gasteiger partial charge is 0.0725 e. The fraction of sp³-hybridized carbons (Fsp3) is 0. The molecule has 0 aliphatic heterocycles. The standard InChI is InChI=1S/C28H16N4/c1-2-6-17(7-3-1)31-22-9-5-4-8-19(22)26-23(31)14-21-18-10-12-29-15-24(18)32-25-16-30-13-11-20(25)27(26)28(21)32/h1-16H. The third kappa shape index (κ3) is 1.80. The first-order valence-corrected chi connectivity index (χ1v) is 10.8. The van der Waals surface area contributed by atoms with Crippen LogP contribution in [0.3, 0.4) is 0 Å². The normalized spacial score (nSPS) is 12.4. The van der Waals surface area contributed by atoms with Gasteiger partial charge in [-0.25, -0.2) is 0 Å². The van der Waals surface area contributed by atoms with Gasteiger partial charge in [0.1, 0.15) is 0 Å². The number of rotatable bonds is 1. The zero-order valence-corrected chi connectivity index (χ0v) is 17.0. The zero-order chi connectivity index (χ0) is 20.8.